The highest BCUT2D eigenvalue weighted by molar-refractivity contribution is 6.46. The molecule has 1 atom stereocenters. The lowest BCUT2D eigenvalue weighted by molar-refractivity contribution is -0.140. The molecule has 0 bridgehead atoms. The first kappa shape index (κ1) is 21.7. The third-order valence-electron chi connectivity index (χ3n) is 5.80. The molecular formula is C24H24FN3O4. The minimum Gasteiger partial charge on any atom is -0.505 e. The molecular weight excluding hydrogens is 413 g/mol. The number of halogens is 1. The van der Waals surface area contributed by atoms with Gasteiger partial charge in [-0.1, -0.05) is 24.3 Å². The highest BCUT2D eigenvalue weighted by Gasteiger charge is 2.47. The van der Waals surface area contributed by atoms with Crippen molar-refractivity contribution >= 4 is 23.1 Å². The topological polar surface area (TPSA) is 84.1 Å². The Morgan fingerprint density at radius 3 is 2.62 bits per heavy atom. The lowest BCUT2D eigenvalue weighted by Gasteiger charge is -2.25. The van der Waals surface area contributed by atoms with Gasteiger partial charge in [0, 0.05) is 32.0 Å². The fourth-order valence-corrected chi connectivity index (χ4v) is 4.18. The first-order valence-electron chi connectivity index (χ1n) is 10.3. The summed E-state index contributed by atoms with van der Waals surface area (Å²) in [7, 11) is 1.54. The third kappa shape index (κ3) is 3.46. The van der Waals surface area contributed by atoms with Crippen LogP contribution in [0.3, 0.4) is 0 Å². The number of aryl methyl sites for hydroxylation is 2. The number of amides is 1. The number of nitrogens with zero attached hydrogens (tertiary/aromatic N) is 3. The zero-order chi connectivity index (χ0) is 23.0. The number of methoxy groups -OCH3 is 1. The van der Waals surface area contributed by atoms with Crippen LogP contribution in [0.15, 0.2) is 48.2 Å². The Balaban J connectivity index is 1.92. The van der Waals surface area contributed by atoms with Gasteiger partial charge in [0.15, 0.2) is 5.76 Å². The average Bonchev–Trinajstić information content (AvgIpc) is 3.24. The van der Waals surface area contributed by atoms with Crippen molar-refractivity contribution in [2.45, 2.75) is 26.3 Å². The number of aromatic nitrogens is 2. The van der Waals surface area contributed by atoms with Crippen LogP contribution in [0.25, 0.3) is 11.4 Å². The maximum atomic E-state index is 14.8. The van der Waals surface area contributed by atoms with Crippen molar-refractivity contribution in [3.63, 3.8) is 0 Å². The van der Waals surface area contributed by atoms with Gasteiger partial charge >= 0.3 is 0 Å². The number of Topliss-reactive ketones (excluding diaryl/α,β-unsaturated/α-hetero) is 1. The van der Waals surface area contributed by atoms with Crippen molar-refractivity contribution in [2.75, 3.05) is 20.3 Å². The smallest absolute Gasteiger partial charge is 0.295 e. The summed E-state index contributed by atoms with van der Waals surface area (Å²) in [5, 5.41) is 11.3. The van der Waals surface area contributed by atoms with Crippen LogP contribution in [-0.4, -0.2) is 51.3 Å². The first-order chi connectivity index (χ1) is 15.4. The number of ether oxygens (including phenoxy) is 1. The molecule has 0 radical (unpaired) electrons. The predicted octanol–water partition coefficient (Wildman–Crippen LogP) is 3.55. The lowest BCUT2D eigenvalue weighted by atomic mass is 9.96. The van der Waals surface area contributed by atoms with Crippen LogP contribution in [0.4, 0.5) is 4.39 Å². The number of rotatable bonds is 6. The molecule has 1 saturated heterocycles. The zero-order valence-corrected chi connectivity index (χ0v) is 18.1. The second kappa shape index (κ2) is 8.55. The number of hydrogen-bond donors (Lipinski definition) is 1. The molecule has 0 aliphatic carbocycles. The molecule has 1 aliphatic heterocycles. The van der Waals surface area contributed by atoms with Crippen molar-refractivity contribution in [2.24, 2.45) is 0 Å². The van der Waals surface area contributed by atoms with Gasteiger partial charge in [0.25, 0.3) is 11.7 Å². The van der Waals surface area contributed by atoms with Crippen LogP contribution in [0.1, 0.15) is 35.0 Å². The molecule has 1 N–H and O–H groups in total. The predicted molar refractivity (Wildman–Crippen MR) is 117 cm³/mol. The van der Waals surface area contributed by atoms with E-state index in [-0.39, 0.29) is 23.4 Å². The fraction of sp³-hybridized carbons (Fsp3) is 0.292. The van der Waals surface area contributed by atoms with E-state index >= 15 is 0 Å². The van der Waals surface area contributed by atoms with Crippen LogP contribution in [0.2, 0.25) is 0 Å². The molecule has 1 fully saturated rings. The SMILES string of the molecule is COCCCN1C(=O)C(=O)/C(=C(/O)c2nc3c(C)cccn3c2C)C1c1ccccc1F. The molecule has 8 heteroatoms. The van der Waals surface area contributed by atoms with Gasteiger partial charge < -0.3 is 19.1 Å². The van der Waals surface area contributed by atoms with E-state index < -0.39 is 29.3 Å². The summed E-state index contributed by atoms with van der Waals surface area (Å²) in [6, 6.07) is 8.64. The van der Waals surface area contributed by atoms with Crippen molar-refractivity contribution in [1.82, 2.24) is 14.3 Å². The van der Waals surface area contributed by atoms with E-state index in [2.05, 4.69) is 4.98 Å². The minimum absolute atomic E-state index is 0.142. The second-order valence-electron chi connectivity index (χ2n) is 7.79. The maximum absolute atomic E-state index is 14.8. The van der Waals surface area contributed by atoms with Crippen molar-refractivity contribution in [1.29, 1.82) is 0 Å². The number of likely N-dealkylation sites (tertiary alicyclic amines) is 1. The monoisotopic (exact) mass is 437 g/mol. The Bertz CT molecular complexity index is 1250. The molecule has 1 amide bonds. The van der Waals surface area contributed by atoms with E-state index in [1.165, 1.54) is 30.2 Å². The van der Waals surface area contributed by atoms with Gasteiger partial charge in [-0.3, -0.25) is 9.59 Å². The summed E-state index contributed by atoms with van der Waals surface area (Å²) in [4.78, 5) is 31.8. The Hall–Kier alpha value is -3.52. The molecule has 3 aromatic rings. The van der Waals surface area contributed by atoms with Crippen molar-refractivity contribution in [3.8, 4) is 0 Å². The van der Waals surface area contributed by atoms with Gasteiger partial charge in [-0.05, 0) is 38.0 Å². The van der Waals surface area contributed by atoms with Gasteiger partial charge in [0.05, 0.1) is 17.3 Å². The summed E-state index contributed by atoms with van der Waals surface area (Å²) >= 11 is 0. The molecule has 0 spiro atoms. The number of imidazole rings is 1. The number of ketones is 1. The average molecular weight is 437 g/mol. The van der Waals surface area contributed by atoms with Gasteiger partial charge in [-0.25, -0.2) is 9.37 Å². The second-order valence-corrected chi connectivity index (χ2v) is 7.79. The van der Waals surface area contributed by atoms with Crippen LogP contribution in [-0.2, 0) is 14.3 Å². The molecule has 32 heavy (non-hydrogen) atoms. The number of fused-ring (bicyclic) bond motifs is 1. The van der Waals surface area contributed by atoms with E-state index in [4.69, 9.17) is 4.74 Å². The van der Waals surface area contributed by atoms with Crippen LogP contribution in [0, 0.1) is 19.7 Å². The quantitative estimate of drug-likeness (QED) is 0.276. The summed E-state index contributed by atoms with van der Waals surface area (Å²) in [6.45, 7) is 4.20. The van der Waals surface area contributed by atoms with Crippen molar-refractivity contribution < 1.29 is 23.8 Å². The van der Waals surface area contributed by atoms with Crippen molar-refractivity contribution in [3.05, 3.63) is 76.5 Å². The van der Waals surface area contributed by atoms with Crippen LogP contribution >= 0.6 is 0 Å². The standard InChI is InChI=1S/C24H24FN3O4/c1-14-8-6-11-27-15(2)19(26-23(14)27)21(29)18-20(16-9-4-5-10-17(16)25)28(12-7-13-32-3)24(31)22(18)30/h4-6,8-11,20,29H,7,12-13H2,1-3H3/b21-18+. The number of benzene rings is 1. The molecule has 2 aromatic heterocycles. The van der Waals surface area contributed by atoms with Gasteiger partial charge in [-0.15, -0.1) is 0 Å². The Kier molecular flexibility index (Phi) is 5.80. The summed E-state index contributed by atoms with van der Waals surface area (Å²) in [5.41, 5.74) is 2.29. The molecule has 1 aliphatic rings. The zero-order valence-electron chi connectivity index (χ0n) is 18.1. The van der Waals surface area contributed by atoms with E-state index in [0.29, 0.717) is 24.4 Å². The van der Waals surface area contributed by atoms with Gasteiger partial charge in [0.1, 0.15) is 17.2 Å². The maximum Gasteiger partial charge on any atom is 0.295 e. The first-order valence-corrected chi connectivity index (χ1v) is 10.3. The molecule has 1 unspecified atom stereocenters. The molecule has 3 heterocycles. The van der Waals surface area contributed by atoms with E-state index in [1.54, 1.807) is 23.6 Å². The molecule has 7 nitrogen and oxygen atoms in total. The van der Waals surface area contributed by atoms with E-state index in [0.717, 1.165) is 5.56 Å². The normalized spacial score (nSPS) is 18.1. The number of carbonyl (C=O) groups is 2. The number of aliphatic hydroxyl groups is 1. The Morgan fingerprint density at radius 1 is 1.19 bits per heavy atom. The number of aliphatic hydroxyl groups excluding tert-OH is 1. The lowest BCUT2D eigenvalue weighted by Crippen LogP contribution is -2.31. The largest absolute Gasteiger partial charge is 0.505 e. The van der Waals surface area contributed by atoms with Crippen LogP contribution in [0.5, 0.6) is 0 Å². The number of carbonyl (C=O) groups excluding carboxylic acids is 2. The summed E-state index contributed by atoms with van der Waals surface area (Å²) in [5.74, 6) is -2.62. The van der Waals surface area contributed by atoms with Gasteiger partial charge in [0.2, 0.25) is 0 Å². The molecule has 1 aromatic carbocycles. The fourth-order valence-electron chi connectivity index (χ4n) is 4.18. The summed E-state index contributed by atoms with van der Waals surface area (Å²) < 4.78 is 21.7. The Morgan fingerprint density at radius 2 is 1.94 bits per heavy atom. The highest BCUT2D eigenvalue weighted by atomic mass is 19.1. The molecule has 0 saturated carbocycles. The summed E-state index contributed by atoms with van der Waals surface area (Å²) in [6.07, 6.45) is 2.26. The Labute approximate surface area is 184 Å². The van der Waals surface area contributed by atoms with Gasteiger partial charge in [-0.2, -0.15) is 0 Å². The van der Waals surface area contributed by atoms with E-state index in [1.807, 2.05) is 19.1 Å². The number of hydrogen-bond acceptors (Lipinski definition) is 5. The molecule has 4 rings (SSSR count). The minimum atomic E-state index is -1.06. The number of pyridine rings is 1. The third-order valence-corrected chi connectivity index (χ3v) is 5.80. The highest BCUT2D eigenvalue weighted by Crippen LogP contribution is 2.40. The van der Waals surface area contributed by atoms with E-state index in [9.17, 15) is 19.1 Å². The van der Waals surface area contributed by atoms with Crippen LogP contribution < -0.4 is 0 Å². The molecule has 166 valence electrons.